The predicted molar refractivity (Wildman–Crippen MR) is 280 cm³/mol. The molecule has 0 amide bonds. The molecule has 0 saturated carbocycles. The topological polar surface area (TPSA) is 105 Å². The number of nitrogens with zero attached hydrogens (tertiary/aromatic N) is 2. The quantitative estimate of drug-likeness (QED) is 0.0611. The summed E-state index contributed by atoms with van der Waals surface area (Å²) < 4.78 is 11.0. The Morgan fingerprint density at radius 3 is 0.870 bits per heavy atom. The Bertz CT molecular complexity index is 3120. The van der Waals surface area contributed by atoms with Crippen molar-refractivity contribution in [3.8, 4) is 32.4 Å². The molecule has 1 heterocycles. The van der Waals surface area contributed by atoms with Crippen LogP contribution in [0.5, 0.6) is 11.5 Å². The average Bonchev–Trinajstić information content (AvgIpc) is 3.81. The van der Waals surface area contributed by atoms with Gasteiger partial charge in [-0.3, -0.25) is 20.2 Å². The van der Waals surface area contributed by atoms with Gasteiger partial charge in [0.1, 0.15) is 21.3 Å². The first-order valence-electron chi connectivity index (χ1n) is 22.3. The maximum atomic E-state index is 13.0. The molecule has 1 aromatic heterocycles. The van der Waals surface area contributed by atoms with E-state index in [-0.39, 0.29) is 9.75 Å². The van der Waals surface area contributed by atoms with Crippen LogP contribution in [0.4, 0.5) is 11.4 Å². The van der Waals surface area contributed by atoms with Crippen LogP contribution in [-0.4, -0.2) is 24.1 Å². The van der Waals surface area contributed by atoms with Gasteiger partial charge >= 0.3 is 11.4 Å². The Labute approximate surface area is 405 Å². The van der Waals surface area contributed by atoms with Gasteiger partial charge in [0.2, 0.25) is 0 Å². The molecule has 338 valence electrons. The van der Waals surface area contributed by atoms with Crippen molar-refractivity contribution in [1.82, 2.24) is 0 Å². The smallest absolute Gasteiger partial charge is 0.365 e. The van der Waals surface area contributed by atoms with Crippen LogP contribution >= 0.6 is 11.3 Å². The number of hydrogen-bond donors (Lipinski definition) is 0. The molecule has 0 atom stereocenters. The number of aryl methyl sites for hydroxylation is 2. The average molecular weight is 923 g/mol. The molecule has 0 spiro atoms. The van der Waals surface area contributed by atoms with Crippen molar-refractivity contribution in [2.45, 2.75) is 13.8 Å². The fourth-order valence-corrected chi connectivity index (χ4v) is 9.95. The predicted octanol–water partition coefficient (Wildman–Crippen LogP) is 15.5. The maximum Gasteiger partial charge on any atom is 0.365 e. The number of hydrogen-bond acceptors (Lipinski definition) is 7. The van der Waals surface area contributed by atoms with E-state index in [4.69, 9.17) is 9.47 Å². The van der Waals surface area contributed by atoms with Gasteiger partial charge in [-0.25, -0.2) is 0 Å². The van der Waals surface area contributed by atoms with Crippen molar-refractivity contribution < 1.29 is 19.3 Å². The Morgan fingerprint density at radius 2 is 0.609 bits per heavy atom. The highest BCUT2D eigenvalue weighted by Gasteiger charge is 2.38. The summed E-state index contributed by atoms with van der Waals surface area (Å²) >= 11 is 1.05. The van der Waals surface area contributed by atoms with Gasteiger partial charge in [-0.05, 0) is 116 Å². The third-order valence-corrected chi connectivity index (χ3v) is 13.4. The molecule has 9 rings (SSSR count). The van der Waals surface area contributed by atoms with Crippen LogP contribution in [0.2, 0.25) is 0 Å². The molecule has 9 heteroatoms. The molecule has 0 fully saturated rings. The molecule has 69 heavy (non-hydrogen) atoms. The minimum absolute atomic E-state index is 0.197. The van der Waals surface area contributed by atoms with E-state index < -0.39 is 21.2 Å². The Balaban J connectivity index is 1.18. The monoisotopic (exact) mass is 922 g/mol. The first-order chi connectivity index (χ1) is 33.6. The summed E-state index contributed by atoms with van der Waals surface area (Å²) in [5.41, 5.74) is 13.7. The Morgan fingerprint density at radius 1 is 0.362 bits per heavy atom. The molecule has 0 unspecified atom stereocenters. The van der Waals surface area contributed by atoms with Crippen LogP contribution in [0, 0.1) is 34.1 Å². The zero-order chi connectivity index (χ0) is 48.0. The highest BCUT2D eigenvalue weighted by atomic mass is 32.1. The fraction of sp³-hybridized carbons (Fsp3) is 0.0667. The summed E-state index contributed by atoms with van der Waals surface area (Å²) in [7, 11) is 3.28. The van der Waals surface area contributed by atoms with Crippen LogP contribution in [0.15, 0.2) is 206 Å². The van der Waals surface area contributed by atoms with E-state index in [0.29, 0.717) is 11.1 Å². The van der Waals surface area contributed by atoms with E-state index in [1.54, 1.807) is 14.2 Å². The Hall–Kier alpha value is -8.66. The molecular formula is C60H46N2O6S. The molecule has 8 nitrogen and oxygen atoms in total. The third kappa shape index (κ3) is 9.50. The molecule has 0 radical (unpaired) electrons. The largest absolute Gasteiger partial charge is 0.497 e. The second-order valence-electron chi connectivity index (χ2n) is 16.5. The van der Waals surface area contributed by atoms with Crippen molar-refractivity contribution in [2.75, 3.05) is 14.2 Å². The summed E-state index contributed by atoms with van der Waals surface area (Å²) in [6.45, 7) is 4.11. The van der Waals surface area contributed by atoms with Gasteiger partial charge in [0.05, 0.1) is 24.1 Å². The van der Waals surface area contributed by atoms with E-state index in [1.165, 1.54) is 0 Å². The van der Waals surface area contributed by atoms with Crippen molar-refractivity contribution in [2.24, 2.45) is 0 Å². The second-order valence-corrected chi connectivity index (χ2v) is 17.6. The van der Waals surface area contributed by atoms with Crippen LogP contribution in [0.25, 0.3) is 43.2 Å². The summed E-state index contributed by atoms with van der Waals surface area (Å²) in [6, 6.07) is 67.9. The molecular weight excluding hydrogens is 877 g/mol. The first-order valence-corrected chi connectivity index (χ1v) is 23.1. The molecule has 0 aliphatic rings. The van der Waals surface area contributed by atoms with E-state index >= 15 is 0 Å². The summed E-state index contributed by atoms with van der Waals surface area (Å²) in [6.07, 6.45) is 0. The van der Waals surface area contributed by atoms with E-state index in [1.807, 2.05) is 133 Å². The van der Waals surface area contributed by atoms with Crippen molar-refractivity contribution in [1.29, 1.82) is 0 Å². The fourth-order valence-electron chi connectivity index (χ4n) is 8.71. The number of methoxy groups -OCH3 is 2. The zero-order valence-corrected chi connectivity index (χ0v) is 39.2. The molecule has 0 saturated heterocycles. The third-order valence-electron chi connectivity index (χ3n) is 12.2. The summed E-state index contributed by atoms with van der Waals surface area (Å²) in [5, 5.41) is 26.0. The van der Waals surface area contributed by atoms with Gasteiger partial charge in [0, 0.05) is 0 Å². The number of thiophene rings is 1. The minimum atomic E-state index is -0.636. The molecule has 0 aliphatic carbocycles. The van der Waals surface area contributed by atoms with Gasteiger partial charge in [0.15, 0.2) is 0 Å². The normalized spacial score (nSPS) is 11.9. The van der Waals surface area contributed by atoms with Crippen molar-refractivity contribution >= 4 is 45.0 Å². The molecule has 8 aromatic carbocycles. The van der Waals surface area contributed by atoms with Gasteiger partial charge in [0.25, 0.3) is 0 Å². The minimum Gasteiger partial charge on any atom is -0.497 e. The van der Waals surface area contributed by atoms with Gasteiger partial charge in [-0.2, -0.15) is 0 Å². The van der Waals surface area contributed by atoms with Crippen LogP contribution in [-0.2, 0) is 0 Å². The van der Waals surface area contributed by atoms with Crippen LogP contribution < -0.4 is 9.47 Å². The van der Waals surface area contributed by atoms with Gasteiger partial charge in [-0.15, -0.1) is 11.3 Å². The van der Waals surface area contributed by atoms with Gasteiger partial charge in [-0.1, -0.05) is 193 Å². The Kier molecular flexibility index (Phi) is 13.2. The second kappa shape index (κ2) is 20.1. The lowest BCUT2D eigenvalue weighted by Crippen LogP contribution is -1.98. The van der Waals surface area contributed by atoms with Crippen molar-refractivity contribution in [3.05, 3.63) is 282 Å². The molecule has 9 aromatic rings. The van der Waals surface area contributed by atoms with Gasteiger partial charge < -0.3 is 9.47 Å². The zero-order valence-electron chi connectivity index (χ0n) is 38.4. The first kappa shape index (κ1) is 45.5. The van der Waals surface area contributed by atoms with Crippen LogP contribution in [0.1, 0.15) is 55.6 Å². The molecule has 0 N–H and O–H groups in total. The SMILES string of the molecule is COc1ccc(/C(=C(/c2ccccc2)c2ccc(-c3sc(-c4ccc(/C(=C(\c5ccc(C)cc5)c5ccc(OC)cc5)c5ccccc5)cc4)c([N+](=O)[O-])c3[N+](=O)[O-])cc2)c2ccc(C)cc2)cc1. The number of ether oxygens (including phenoxy) is 2. The number of benzene rings is 8. The lowest BCUT2D eigenvalue weighted by molar-refractivity contribution is -0.420. The van der Waals surface area contributed by atoms with Crippen molar-refractivity contribution in [3.63, 3.8) is 0 Å². The lowest BCUT2D eigenvalue weighted by atomic mass is 9.85. The van der Waals surface area contributed by atoms with E-state index in [2.05, 4.69) is 86.6 Å². The highest BCUT2D eigenvalue weighted by Crippen LogP contribution is 2.52. The summed E-state index contributed by atoms with van der Waals surface area (Å²) in [5.74, 6) is 1.47. The van der Waals surface area contributed by atoms with E-state index in [9.17, 15) is 20.2 Å². The number of nitro groups is 2. The summed E-state index contributed by atoms with van der Waals surface area (Å²) in [4.78, 5) is 25.1. The number of rotatable bonds is 14. The maximum absolute atomic E-state index is 13.0. The lowest BCUT2D eigenvalue weighted by Gasteiger charge is -2.19. The standard InChI is InChI=1S/C60H46N2O6S/c1-39-15-19-43(20-16-39)55(47-31-35-51(67-3)36-32-47)53(41-11-7-5-8-12-41)45-23-27-49(28-24-45)59-57(61(63)64)58(62(65)66)60(69-59)50-29-25-46(26-30-50)54(42-13-9-6-10-14-42)56(44-21-17-40(2)18-22-44)48-33-37-52(68-4)38-34-48/h5-38H,1-4H3/b55-53-,56-54+. The molecule has 0 aliphatic heterocycles. The van der Waals surface area contributed by atoms with E-state index in [0.717, 1.165) is 101 Å². The molecule has 0 bridgehead atoms. The van der Waals surface area contributed by atoms with Crippen LogP contribution in [0.3, 0.4) is 0 Å². The highest BCUT2D eigenvalue weighted by molar-refractivity contribution is 7.20.